The van der Waals surface area contributed by atoms with E-state index >= 15 is 0 Å². The van der Waals surface area contributed by atoms with Crippen LogP contribution in [-0.2, 0) is 9.84 Å². The van der Waals surface area contributed by atoms with Crippen molar-refractivity contribution in [1.82, 2.24) is 5.32 Å². The third-order valence-corrected chi connectivity index (χ3v) is 5.02. The van der Waals surface area contributed by atoms with Crippen molar-refractivity contribution in [3.05, 3.63) is 30.1 Å². The zero-order valence-corrected chi connectivity index (χ0v) is 13.4. The van der Waals surface area contributed by atoms with Gasteiger partial charge < -0.3 is 5.32 Å². The summed E-state index contributed by atoms with van der Waals surface area (Å²) in [5.74, 6) is -0.784. The Labute approximate surface area is 121 Å². The first-order valence-corrected chi connectivity index (χ1v) is 8.54. The van der Waals surface area contributed by atoms with E-state index < -0.39 is 15.7 Å². The van der Waals surface area contributed by atoms with Gasteiger partial charge in [-0.3, -0.25) is 0 Å². The Hall–Kier alpha value is -0.940. The van der Waals surface area contributed by atoms with Gasteiger partial charge in [0, 0.05) is 6.04 Å². The minimum absolute atomic E-state index is 0.0998. The van der Waals surface area contributed by atoms with Crippen molar-refractivity contribution in [2.24, 2.45) is 5.41 Å². The topological polar surface area (TPSA) is 46.2 Å². The highest BCUT2D eigenvalue weighted by Crippen LogP contribution is 2.24. The molecule has 0 spiro atoms. The maximum absolute atomic E-state index is 13.7. The molecule has 0 aliphatic heterocycles. The fourth-order valence-corrected chi connectivity index (χ4v) is 3.83. The van der Waals surface area contributed by atoms with E-state index in [0.717, 1.165) is 13.0 Å². The van der Waals surface area contributed by atoms with E-state index in [9.17, 15) is 12.8 Å². The van der Waals surface area contributed by atoms with E-state index in [1.54, 1.807) is 6.07 Å². The van der Waals surface area contributed by atoms with E-state index in [2.05, 4.69) is 5.32 Å². The van der Waals surface area contributed by atoms with E-state index in [1.807, 2.05) is 27.7 Å². The predicted octanol–water partition coefficient (Wildman–Crippen LogP) is 3.01. The molecule has 0 aliphatic rings. The number of hydrogen-bond acceptors (Lipinski definition) is 3. The molecule has 0 aromatic heterocycles. The summed E-state index contributed by atoms with van der Waals surface area (Å²) in [5, 5.41) is 3.25. The van der Waals surface area contributed by atoms with Crippen molar-refractivity contribution in [3.63, 3.8) is 0 Å². The molecule has 114 valence electrons. The van der Waals surface area contributed by atoms with Crippen molar-refractivity contribution in [2.75, 3.05) is 12.3 Å². The van der Waals surface area contributed by atoms with Crippen LogP contribution in [-0.4, -0.2) is 26.8 Å². The van der Waals surface area contributed by atoms with Gasteiger partial charge in [-0.15, -0.1) is 0 Å². The quantitative estimate of drug-likeness (QED) is 0.878. The smallest absolute Gasteiger partial charge is 0.182 e. The predicted molar refractivity (Wildman–Crippen MR) is 80.0 cm³/mol. The fraction of sp³-hybridized carbons (Fsp3) is 0.600. The van der Waals surface area contributed by atoms with Crippen molar-refractivity contribution in [3.8, 4) is 0 Å². The molecule has 0 saturated carbocycles. The maximum atomic E-state index is 13.7. The van der Waals surface area contributed by atoms with Crippen molar-refractivity contribution in [2.45, 2.75) is 45.1 Å². The molecule has 0 radical (unpaired) electrons. The lowest BCUT2D eigenvalue weighted by molar-refractivity contribution is 0.288. The molecular weight excluding hydrogens is 277 g/mol. The maximum Gasteiger partial charge on any atom is 0.182 e. The van der Waals surface area contributed by atoms with Gasteiger partial charge in [-0.25, -0.2) is 12.8 Å². The van der Waals surface area contributed by atoms with Crippen LogP contribution in [0.5, 0.6) is 0 Å². The van der Waals surface area contributed by atoms with Gasteiger partial charge in [0.2, 0.25) is 0 Å². The summed E-state index contributed by atoms with van der Waals surface area (Å²) in [5.41, 5.74) is -0.215. The summed E-state index contributed by atoms with van der Waals surface area (Å²) in [7, 11) is -3.64. The van der Waals surface area contributed by atoms with Gasteiger partial charge in [0.25, 0.3) is 0 Å². The van der Waals surface area contributed by atoms with Gasteiger partial charge >= 0.3 is 0 Å². The summed E-state index contributed by atoms with van der Waals surface area (Å²) in [6.45, 7) is 8.72. The van der Waals surface area contributed by atoms with Crippen molar-refractivity contribution in [1.29, 1.82) is 0 Å². The zero-order valence-electron chi connectivity index (χ0n) is 12.6. The van der Waals surface area contributed by atoms with Gasteiger partial charge in [0.15, 0.2) is 9.84 Å². The molecule has 0 heterocycles. The number of benzene rings is 1. The van der Waals surface area contributed by atoms with E-state index in [0.29, 0.717) is 0 Å². The number of nitrogens with one attached hydrogen (secondary N) is 1. The van der Waals surface area contributed by atoms with Crippen molar-refractivity contribution >= 4 is 9.84 Å². The lowest BCUT2D eigenvalue weighted by Gasteiger charge is -2.31. The van der Waals surface area contributed by atoms with Gasteiger partial charge in [0.05, 0.1) is 5.75 Å². The number of halogens is 1. The molecule has 0 aliphatic carbocycles. The highest BCUT2D eigenvalue weighted by atomic mass is 32.2. The summed E-state index contributed by atoms with van der Waals surface area (Å²) in [4.78, 5) is -0.215. The lowest BCUT2D eigenvalue weighted by Crippen LogP contribution is -2.45. The minimum atomic E-state index is -3.64. The molecule has 3 nitrogen and oxygen atoms in total. The zero-order chi connectivity index (χ0) is 15.4. The summed E-state index contributed by atoms with van der Waals surface area (Å²) >= 11 is 0. The molecule has 1 unspecified atom stereocenters. The van der Waals surface area contributed by atoms with Crippen LogP contribution in [0.25, 0.3) is 0 Å². The summed E-state index contributed by atoms with van der Waals surface area (Å²) < 4.78 is 38.5. The Balaban J connectivity index is 3.01. The monoisotopic (exact) mass is 301 g/mol. The summed E-state index contributed by atoms with van der Waals surface area (Å²) in [6, 6.07) is 5.32. The second kappa shape index (κ2) is 6.68. The number of hydrogen-bond donors (Lipinski definition) is 1. The Bertz CT molecular complexity index is 535. The first-order valence-electron chi connectivity index (χ1n) is 6.89. The van der Waals surface area contributed by atoms with E-state index in [1.165, 1.54) is 18.2 Å². The minimum Gasteiger partial charge on any atom is -0.312 e. The Morgan fingerprint density at radius 1 is 1.25 bits per heavy atom. The first kappa shape index (κ1) is 17.1. The normalized spacial score (nSPS) is 14.2. The Kier molecular flexibility index (Phi) is 5.71. The Morgan fingerprint density at radius 2 is 1.85 bits per heavy atom. The van der Waals surface area contributed by atoms with Crippen LogP contribution in [0.15, 0.2) is 29.2 Å². The lowest BCUT2D eigenvalue weighted by atomic mass is 9.88. The average Bonchev–Trinajstić information content (AvgIpc) is 2.33. The molecule has 0 saturated heterocycles. The second-order valence-electron chi connectivity index (χ2n) is 6.08. The third-order valence-electron chi connectivity index (χ3n) is 3.24. The van der Waals surface area contributed by atoms with Crippen LogP contribution < -0.4 is 5.32 Å². The highest BCUT2D eigenvalue weighted by molar-refractivity contribution is 7.91. The third kappa shape index (κ3) is 4.56. The standard InChI is InChI=1S/C15H24FNO2S/c1-5-10-17-14(15(2,3)4)11-20(18,19)13-9-7-6-8-12(13)16/h6-9,14,17H,5,10-11H2,1-4H3. The summed E-state index contributed by atoms with van der Waals surface area (Å²) in [6.07, 6.45) is 0.923. The molecule has 1 aromatic rings. The van der Waals surface area contributed by atoms with Gasteiger partial charge in [-0.1, -0.05) is 39.8 Å². The fourth-order valence-electron chi connectivity index (χ4n) is 1.94. The van der Waals surface area contributed by atoms with Gasteiger partial charge in [-0.2, -0.15) is 0 Å². The van der Waals surface area contributed by atoms with Crippen LogP contribution in [0.1, 0.15) is 34.1 Å². The van der Waals surface area contributed by atoms with Crippen LogP contribution >= 0.6 is 0 Å². The van der Waals surface area contributed by atoms with Crippen LogP contribution in [0.4, 0.5) is 4.39 Å². The largest absolute Gasteiger partial charge is 0.312 e. The highest BCUT2D eigenvalue weighted by Gasteiger charge is 2.31. The molecular formula is C15H24FNO2S. The van der Waals surface area contributed by atoms with Crippen LogP contribution in [0.3, 0.4) is 0 Å². The molecule has 20 heavy (non-hydrogen) atoms. The molecule has 0 fully saturated rings. The molecule has 1 rings (SSSR count). The molecule has 0 bridgehead atoms. The SMILES string of the molecule is CCCNC(CS(=O)(=O)c1ccccc1F)C(C)(C)C. The van der Waals surface area contributed by atoms with E-state index in [-0.39, 0.29) is 22.1 Å². The molecule has 5 heteroatoms. The molecule has 1 aromatic carbocycles. The molecule has 0 amide bonds. The second-order valence-corrected chi connectivity index (χ2v) is 8.09. The number of sulfone groups is 1. The Morgan fingerprint density at radius 3 is 2.35 bits per heavy atom. The van der Waals surface area contributed by atoms with Crippen LogP contribution in [0, 0.1) is 11.2 Å². The van der Waals surface area contributed by atoms with Crippen molar-refractivity contribution < 1.29 is 12.8 Å². The number of rotatable bonds is 6. The van der Waals surface area contributed by atoms with Crippen LogP contribution in [0.2, 0.25) is 0 Å². The molecule has 1 atom stereocenters. The molecule has 1 N–H and O–H groups in total. The average molecular weight is 301 g/mol. The first-order chi connectivity index (χ1) is 9.18. The van der Waals surface area contributed by atoms with Gasteiger partial charge in [0.1, 0.15) is 10.7 Å². The van der Waals surface area contributed by atoms with E-state index in [4.69, 9.17) is 0 Å². The van der Waals surface area contributed by atoms with Gasteiger partial charge in [-0.05, 0) is 30.5 Å².